The molecule has 0 heterocycles. The Labute approximate surface area is 68.9 Å². The third-order valence-electron chi connectivity index (χ3n) is 1.15. The van der Waals surface area contributed by atoms with Gasteiger partial charge in [0.15, 0.2) is 0 Å². The fraction of sp³-hybridized carbons (Fsp3) is 0.600. The number of nitrogens with two attached hydrogens (primary N) is 2. The molecule has 0 rings (SSSR count). The summed E-state index contributed by atoms with van der Waals surface area (Å²) >= 11 is 0. The summed E-state index contributed by atoms with van der Waals surface area (Å²) < 4.78 is 0. The van der Waals surface area contributed by atoms with Gasteiger partial charge in [0.05, 0.1) is 6.54 Å². The van der Waals surface area contributed by atoms with Crippen LogP contribution in [0.25, 0.3) is 0 Å². The standard InChI is InChI=1S/C5H11N3O4/c1-3(5(10)12-7)8-2-4(9)11-6/h3,8H,2,6-7H2,1H3/t3-/m0/s1. The van der Waals surface area contributed by atoms with Gasteiger partial charge in [0.2, 0.25) is 0 Å². The average Bonchev–Trinajstić information content (AvgIpc) is 2.11. The lowest BCUT2D eigenvalue weighted by atomic mass is 10.3. The number of hydrogen-bond donors (Lipinski definition) is 3. The van der Waals surface area contributed by atoms with Crippen molar-refractivity contribution in [1.29, 1.82) is 0 Å². The first-order valence-corrected chi connectivity index (χ1v) is 3.15. The molecule has 1 atom stereocenters. The van der Waals surface area contributed by atoms with Gasteiger partial charge in [0.1, 0.15) is 6.04 Å². The Balaban J connectivity index is 3.63. The minimum Gasteiger partial charge on any atom is -0.372 e. The first-order chi connectivity index (χ1) is 5.61. The Morgan fingerprint density at radius 1 is 1.42 bits per heavy atom. The van der Waals surface area contributed by atoms with Crippen LogP contribution in [0.2, 0.25) is 0 Å². The summed E-state index contributed by atoms with van der Waals surface area (Å²) in [6.07, 6.45) is 0. The van der Waals surface area contributed by atoms with E-state index in [1.54, 1.807) is 0 Å². The zero-order valence-electron chi connectivity index (χ0n) is 6.57. The molecule has 0 aliphatic carbocycles. The highest BCUT2D eigenvalue weighted by Gasteiger charge is 2.14. The highest BCUT2D eigenvalue weighted by Crippen LogP contribution is 1.83. The zero-order chi connectivity index (χ0) is 9.56. The van der Waals surface area contributed by atoms with Crippen LogP contribution in [-0.2, 0) is 19.3 Å². The lowest BCUT2D eigenvalue weighted by molar-refractivity contribution is -0.147. The second-order valence-electron chi connectivity index (χ2n) is 2.03. The van der Waals surface area contributed by atoms with Gasteiger partial charge in [0, 0.05) is 0 Å². The van der Waals surface area contributed by atoms with E-state index in [2.05, 4.69) is 26.8 Å². The molecule has 0 aromatic rings. The van der Waals surface area contributed by atoms with E-state index >= 15 is 0 Å². The van der Waals surface area contributed by atoms with E-state index in [4.69, 9.17) is 0 Å². The van der Waals surface area contributed by atoms with Crippen molar-refractivity contribution in [3.63, 3.8) is 0 Å². The van der Waals surface area contributed by atoms with E-state index in [-0.39, 0.29) is 6.54 Å². The number of carbonyl (C=O) groups is 2. The number of carbonyl (C=O) groups excluding carboxylic acids is 2. The molecule has 0 aliphatic rings. The van der Waals surface area contributed by atoms with Gasteiger partial charge in [-0.25, -0.2) is 9.59 Å². The maximum absolute atomic E-state index is 10.6. The van der Waals surface area contributed by atoms with Crippen LogP contribution in [0.5, 0.6) is 0 Å². The highest BCUT2D eigenvalue weighted by atomic mass is 16.7. The second-order valence-corrected chi connectivity index (χ2v) is 2.03. The molecule has 7 heteroatoms. The molecule has 0 aromatic heterocycles. The van der Waals surface area contributed by atoms with Crippen molar-refractivity contribution < 1.29 is 19.3 Å². The average molecular weight is 177 g/mol. The molecule has 0 radical (unpaired) electrons. The quantitative estimate of drug-likeness (QED) is 0.417. The molecule has 0 saturated carbocycles. The summed E-state index contributed by atoms with van der Waals surface area (Å²) in [6.45, 7) is 1.31. The monoisotopic (exact) mass is 177 g/mol. The van der Waals surface area contributed by atoms with Crippen molar-refractivity contribution in [2.24, 2.45) is 11.8 Å². The van der Waals surface area contributed by atoms with Crippen molar-refractivity contribution in [2.75, 3.05) is 6.54 Å². The Hall–Kier alpha value is -1.18. The molecule has 0 spiro atoms. The topological polar surface area (TPSA) is 117 Å². The summed E-state index contributed by atoms with van der Waals surface area (Å²) in [5, 5.41) is 2.47. The fourth-order valence-electron chi connectivity index (χ4n) is 0.463. The smallest absolute Gasteiger partial charge is 0.341 e. The molecule has 0 fully saturated rings. The van der Waals surface area contributed by atoms with E-state index in [1.165, 1.54) is 6.92 Å². The summed E-state index contributed by atoms with van der Waals surface area (Å²) in [6, 6.07) is -0.672. The van der Waals surface area contributed by atoms with Crippen LogP contribution in [0.15, 0.2) is 0 Å². The van der Waals surface area contributed by atoms with E-state index < -0.39 is 18.0 Å². The van der Waals surface area contributed by atoms with Crippen LogP contribution in [0.1, 0.15) is 6.92 Å². The molecule has 0 bridgehead atoms. The summed E-state index contributed by atoms with van der Waals surface area (Å²) in [7, 11) is 0. The van der Waals surface area contributed by atoms with Crippen molar-refractivity contribution in [3.05, 3.63) is 0 Å². The van der Waals surface area contributed by atoms with Crippen molar-refractivity contribution in [3.8, 4) is 0 Å². The maximum atomic E-state index is 10.6. The van der Waals surface area contributed by atoms with Crippen LogP contribution >= 0.6 is 0 Å². The minimum absolute atomic E-state index is 0.174. The molecule has 12 heavy (non-hydrogen) atoms. The van der Waals surface area contributed by atoms with Crippen molar-refractivity contribution >= 4 is 11.9 Å². The van der Waals surface area contributed by atoms with E-state index in [0.29, 0.717) is 0 Å². The van der Waals surface area contributed by atoms with Crippen molar-refractivity contribution in [1.82, 2.24) is 5.32 Å². The first-order valence-electron chi connectivity index (χ1n) is 3.15. The molecule has 5 N–H and O–H groups in total. The van der Waals surface area contributed by atoms with Gasteiger partial charge >= 0.3 is 11.9 Å². The Morgan fingerprint density at radius 3 is 2.42 bits per heavy atom. The van der Waals surface area contributed by atoms with Crippen molar-refractivity contribution in [2.45, 2.75) is 13.0 Å². The second kappa shape index (κ2) is 5.47. The van der Waals surface area contributed by atoms with E-state index in [0.717, 1.165) is 0 Å². The Bertz CT molecular complexity index is 172. The van der Waals surface area contributed by atoms with Gasteiger partial charge < -0.3 is 9.68 Å². The largest absolute Gasteiger partial charge is 0.372 e. The molecular weight excluding hydrogens is 166 g/mol. The van der Waals surface area contributed by atoms with E-state index in [9.17, 15) is 9.59 Å². The van der Waals surface area contributed by atoms with Gasteiger partial charge in [-0.15, -0.1) is 0 Å². The SMILES string of the molecule is C[C@H](NCC(=O)ON)C(=O)ON. The normalized spacial score (nSPS) is 11.9. The predicted molar refractivity (Wildman–Crippen MR) is 38.0 cm³/mol. The molecule has 0 aliphatic heterocycles. The predicted octanol–water partition coefficient (Wildman–Crippen LogP) is -2.20. The van der Waals surface area contributed by atoms with Gasteiger partial charge in [0.25, 0.3) is 0 Å². The molecule has 0 amide bonds. The number of rotatable bonds is 4. The third kappa shape index (κ3) is 3.86. The van der Waals surface area contributed by atoms with Gasteiger partial charge in [-0.2, -0.15) is 11.8 Å². The summed E-state index contributed by atoms with van der Waals surface area (Å²) in [4.78, 5) is 28.8. The molecular formula is C5H11N3O4. The van der Waals surface area contributed by atoms with Crippen LogP contribution in [0, 0.1) is 0 Å². The Kier molecular flexibility index (Phi) is 4.93. The summed E-state index contributed by atoms with van der Waals surface area (Å²) in [5.41, 5.74) is 0. The molecule has 0 saturated heterocycles. The molecule has 7 nitrogen and oxygen atoms in total. The lowest BCUT2D eigenvalue weighted by Crippen LogP contribution is -2.40. The first kappa shape index (κ1) is 10.8. The zero-order valence-corrected chi connectivity index (χ0v) is 6.57. The van der Waals surface area contributed by atoms with Crippen LogP contribution < -0.4 is 17.1 Å². The minimum atomic E-state index is -0.674. The fourth-order valence-corrected chi connectivity index (χ4v) is 0.463. The molecule has 0 aromatic carbocycles. The molecule has 0 unspecified atom stereocenters. The van der Waals surface area contributed by atoms with Crippen LogP contribution in [0.4, 0.5) is 0 Å². The van der Waals surface area contributed by atoms with E-state index in [1.807, 2.05) is 0 Å². The van der Waals surface area contributed by atoms with Crippen LogP contribution in [-0.4, -0.2) is 24.5 Å². The number of nitrogens with one attached hydrogen (secondary N) is 1. The van der Waals surface area contributed by atoms with Gasteiger partial charge in [-0.1, -0.05) is 0 Å². The third-order valence-corrected chi connectivity index (χ3v) is 1.15. The maximum Gasteiger partial charge on any atom is 0.341 e. The lowest BCUT2D eigenvalue weighted by Gasteiger charge is -2.08. The molecule has 70 valence electrons. The highest BCUT2D eigenvalue weighted by molar-refractivity contribution is 5.76. The number of hydrogen-bond acceptors (Lipinski definition) is 7. The van der Waals surface area contributed by atoms with Gasteiger partial charge in [-0.3, -0.25) is 5.32 Å². The van der Waals surface area contributed by atoms with Gasteiger partial charge in [-0.05, 0) is 6.92 Å². The summed E-state index contributed by atoms with van der Waals surface area (Å²) in [5.74, 6) is 7.78. The Morgan fingerprint density at radius 2 is 2.00 bits per heavy atom. The van der Waals surface area contributed by atoms with Crippen LogP contribution in [0.3, 0.4) is 0 Å².